The molecule has 0 N–H and O–H groups in total. The molecule has 1 aromatic carbocycles. The molecule has 12 heteroatoms. The number of fused-ring (bicyclic) bond motifs is 2. The van der Waals surface area contributed by atoms with Crippen LogP contribution in [0, 0.1) is 0 Å². The van der Waals surface area contributed by atoms with Gasteiger partial charge in [0.15, 0.2) is 11.5 Å². The molecule has 1 fully saturated rings. The summed E-state index contributed by atoms with van der Waals surface area (Å²) in [6, 6.07) is 10.6. The average molecular weight is 544 g/mol. The van der Waals surface area contributed by atoms with E-state index in [4.69, 9.17) is 23.1 Å². The molecule has 2 aromatic heterocycles. The molecular weight excluding hydrogens is 514 g/mol. The lowest BCUT2D eigenvalue weighted by Crippen LogP contribution is -2.25. The molecule has 1 amide bonds. The smallest absolute Gasteiger partial charge is 0.414 e. The van der Waals surface area contributed by atoms with Gasteiger partial charge in [0.1, 0.15) is 25.4 Å². The van der Waals surface area contributed by atoms with E-state index in [0.717, 1.165) is 6.26 Å². The summed E-state index contributed by atoms with van der Waals surface area (Å²) in [7, 11) is -2.22. The molecule has 202 valence electrons. The lowest BCUT2D eigenvalue weighted by atomic mass is 10.0. The molecule has 0 aliphatic carbocycles. The van der Waals surface area contributed by atoms with E-state index in [-0.39, 0.29) is 6.10 Å². The van der Waals surface area contributed by atoms with Crippen molar-refractivity contribution in [3.05, 3.63) is 48.2 Å². The molecule has 0 saturated carbocycles. The van der Waals surface area contributed by atoms with E-state index in [1.165, 1.54) is 7.11 Å². The Labute approximate surface area is 220 Å². The fourth-order valence-corrected chi connectivity index (χ4v) is 5.27. The largest absolute Gasteiger partial charge is 0.486 e. The van der Waals surface area contributed by atoms with Crippen molar-refractivity contribution < 1.29 is 36.3 Å². The molecule has 5 rings (SSSR count). The number of carbonyl (C=O) groups is 1. The van der Waals surface area contributed by atoms with Crippen LogP contribution in [0.4, 0.5) is 10.5 Å². The third-order valence-electron chi connectivity index (χ3n) is 6.39. The lowest BCUT2D eigenvalue weighted by molar-refractivity contribution is 0.133. The van der Waals surface area contributed by atoms with Gasteiger partial charge in [-0.3, -0.25) is 14.1 Å². The number of carbonyl (C=O) groups excluding carboxylic acids is 1. The number of anilines is 1. The number of rotatable bonds is 10. The second-order valence-corrected chi connectivity index (χ2v) is 10.7. The van der Waals surface area contributed by atoms with Gasteiger partial charge < -0.3 is 18.9 Å². The third-order valence-corrected chi connectivity index (χ3v) is 6.97. The van der Waals surface area contributed by atoms with Crippen LogP contribution in [0.1, 0.15) is 37.4 Å². The molecular formula is C26H29N3O8S. The fourth-order valence-electron chi connectivity index (χ4n) is 4.65. The highest BCUT2D eigenvalue weighted by Gasteiger charge is 2.33. The summed E-state index contributed by atoms with van der Waals surface area (Å²) in [5.74, 6) is 1.67. The molecule has 2 atom stereocenters. The summed E-state index contributed by atoms with van der Waals surface area (Å²) in [4.78, 5) is 22.9. The number of amides is 1. The minimum Gasteiger partial charge on any atom is -0.486 e. The van der Waals surface area contributed by atoms with Gasteiger partial charge in [0.25, 0.3) is 10.1 Å². The molecule has 3 aromatic rings. The topological polar surface area (TPSA) is 126 Å². The third kappa shape index (κ3) is 5.91. The molecule has 1 saturated heterocycles. The van der Waals surface area contributed by atoms with Gasteiger partial charge in [0.05, 0.1) is 36.6 Å². The molecule has 38 heavy (non-hydrogen) atoms. The minimum absolute atomic E-state index is 0.280. The fraction of sp³-hybridized carbons (Fsp3) is 0.423. The minimum atomic E-state index is -3.74. The van der Waals surface area contributed by atoms with Gasteiger partial charge in [0, 0.05) is 23.9 Å². The Balaban J connectivity index is 1.22. The Kier molecular flexibility index (Phi) is 7.52. The first-order valence-electron chi connectivity index (χ1n) is 12.4. The Morgan fingerprint density at radius 1 is 1.11 bits per heavy atom. The highest BCUT2D eigenvalue weighted by molar-refractivity contribution is 7.86. The summed E-state index contributed by atoms with van der Waals surface area (Å²) in [5.41, 5.74) is 2.45. The van der Waals surface area contributed by atoms with Gasteiger partial charge in [-0.15, -0.1) is 0 Å². The van der Waals surface area contributed by atoms with E-state index in [0.29, 0.717) is 85.1 Å². The molecule has 0 radical (unpaired) electrons. The number of hydrogen-bond acceptors (Lipinski definition) is 10. The highest BCUT2D eigenvalue weighted by Crippen LogP contribution is 2.36. The maximum Gasteiger partial charge on any atom is 0.414 e. The highest BCUT2D eigenvalue weighted by atomic mass is 32.2. The number of benzene rings is 1. The zero-order chi connectivity index (χ0) is 26.7. The molecule has 0 spiro atoms. The van der Waals surface area contributed by atoms with E-state index in [2.05, 4.69) is 9.97 Å². The number of hydrogen-bond donors (Lipinski definition) is 0. The Morgan fingerprint density at radius 3 is 2.71 bits per heavy atom. The molecule has 11 nitrogen and oxygen atoms in total. The monoisotopic (exact) mass is 543 g/mol. The second kappa shape index (κ2) is 11.0. The van der Waals surface area contributed by atoms with E-state index >= 15 is 0 Å². The summed E-state index contributed by atoms with van der Waals surface area (Å²) in [5, 5.41) is 0. The molecule has 0 bridgehead atoms. The molecule has 2 unspecified atom stereocenters. The quantitative estimate of drug-likeness (QED) is 0.273. The van der Waals surface area contributed by atoms with Gasteiger partial charge in [0.2, 0.25) is 5.88 Å². The maximum absolute atomic E-state index is 12.5. The van der Waals surface area contributed by atoms with Gasteiger partial charge >= 0.3 is 6.09 Å². The number of ether oxygens (including phenoxy) is 4. The van der Waals surface area contributed by atoms with Crippen LogP contribution in [0.5, 0.6) is 17.4 Å². The number of pyridine rings is 2. The first-order valence-corrected chi connectivity index (χ1v) is 14.2. The van der Waals surface area contributed by atoms with Crippen LogP contribution in [0.15, 0.2) is 42.6 Å². The number of nitrogens with zero attached hydrogens (tertiary/aromatic N) is 3. The number of unbranched alkanes of at least 4 members (excludes halogenated alkanes) is 1. The van der Waals surface area contributed by atoms with E-state index in [1.54, 1.807) is 41.4 Å². The van der Waals surface area contributed by atoms with Gasteiger partial charge in [-0.2, -0.15) is 8.42 Å². The second-order valence-electron chi connectivity index (χ2n) is 9.14. The van der Waals surface area contributed by atoms with Crippen LogP contribution in [-0.4, -0.2) is 63.7 Å². The van der Waals surface area contributed by atoms with Crippen LogP contribution in [0.2, 0.25) is 0 Å². The standard InChI is InChI=1S/C26H29N3O8S/c1-33-24-10-8-20-25(28-24)19(11-12-27-20)21(37-38(2,31)32)6-4-3-5-18-16-29(26(30)36-18)17-7-9-22-23(15-17)35-14-13-34-22/h7-12,15,18,21H,3-6,13-14,16H2,1-2H3. The van der Waals surface area contributed by atoms with Crippen LogP contribution >= 0.6 is 0 Å². The normalized spacial score (nSPS) is 17.9. The first kappa shape index (κ1) is 26.0. The summed E-state index contributed by atoms with van der Waals surface area (Å²) >= 11 is 0. The van der Waals surface area contributed by atoms with Crippen LogP contribution in [-0.2, 0) is 19.0 Å². The number of aromatic nitrogens is 2. The molecule has 4 heterocycles. The van der Waals surface area contributed by atoms with E-state index in [9.17, 15) is 13.2 Å². The number of methoxy groups -OCH3 is 1. The van der Waals surface area contributed by atoms with Crippen molar-refractivity contribution in [1.82, 2.24) is 9.97 Å². The van der Waals surface area contributed by atoms with Crippen molar-refractivity contribution in [2.75, 3.05) is 38.0 Å². The van der Waals surface area contributed by atoms with Gasteiger partial charge in [-0.05, 0) is 43.5 Å². The van der Waals surface area contributed by atoms with Crippen LogP contribution in [0.25, 0.3) is 11.0 Å². The Morgan fingerprint density at radius 2 is 1.92 bits per heavy atom. The molecule has 2 aliphatic rings. The lowest BCUT2D eigenvalue weighted by Gasteiger charge is -2.21. The van der Waals surface area contributed by atoms with Crippen molar-refractivity contribution in [3.63, 3.8) is 0 Å². The van der Waals surface area contributed by atoms with E-state index < -0.39 is 22.3 Å². The number of cyclic esters (lactones) is 1. The average Bonchev–Trinajstić information content (AvgIpc) is 3.29. The molecule has 2 aliphatic heterocycles. The zero-order valence-electron chi connectivity index (χ0n) is 21.2. The SMILES string of the molecule is COc1ccc2nccc(C(CCCCC3CN(c4ccc5c(c4)OCCO5)C(=O)O3)OS(C)(=O)=O)c2n1. The summed E-state index contributed by atoms with van der Waals surface area (Å²) in [6.07, 6.45) is 3.61. The Hall–Kier alpha value is -3.64. The van der Waals surface area contributed by atoms with Crippen molar-refractivity contribution in [2.24, 2.45) is 0 Å². The van der Waals surface area contributed by atoms with Gasteiger partial charge in [-0.1, -0.05) is 6.42 Å². The predicted molar refractivity (Wildman–Crippen MR) is 138 cm³/mol. The van der Waals surface area contributed by atoms with Crippen LogP contribution < -0.4 is 19.1 Å². The maximum atomic E-state index is 12.5. The van der Waals surface area contributed by atoms with Crippen molar-refractivity contribution in [1.29, 1.82) is 0 Å². The Bertz CT molecular complexity index is 1430. The summed E-state index contributed by atoms with van der Waals surface area (Å²) in [6.45, 7) is 1.38. The predicted octanol–water partition coefficient (Wildman–Crippen LogP) is 4.01. The van der Waals surface area contributed by atoms with E-state index in [1.807, 2.05) is 6.07 Å². The van der Waals surface area contributed by atoms with Crippen molar-refractivity contribution in [3.8, 4) is 17.4 Å². The summed E-state index contributed by atoms with van der Waals surface area (Å²) < 4.78 is 51.6. The van der Waals surface area contributed by atoms with Crippen molar-refractivity contribution >= 4 is 32.9 Å². The van der Waals surface area contributed by atoms with Crippen molar-refractivity contribution in [2.45, 2.75) is 37.9 Å². The van der Waals surface area contributed by atoms with Gasteiger partial charge in [-0.25, -0.2) is 9.78 Å². The zero-order valence-corrected chi connectivity index (χ0v) is 22.0. The first-order chi connectivity index (χ1) is 18.3. The van der Waals surface area contributed by atoms with Crippen LogP contribution in [0.3, 0.4) is 0 Å².